The molecule has 1 saturated heterocycles. The van der Waals surface area contributed by atoms with Crippen molar-refractivity contribution >= 4 is 29.0 Å². The minimum atomic E-state index is -1.13. The van der Waals surface area contributed by atoms with Gasteiger partial charge >= 0.3 is 5.97 Å². The molecule has 2 heterocycles. The number of nitrogens with zero attached hydrogens (tertiary/aromatic N) is 3. The zero-order valence-corrected chi connectivity index (χ0v) is 22.4. The molecule has 1 amide bonds. The number of likely N-dealkylation sites (N-methyl/N-ethyl adjacent to an activating group) is 1. The maximum atomic E-state index is 13.7. The number of thiazole rings is 1. The normalized spacial score (nSPS) is 22.4. The summed E-state index contributed by atoms with van der Waals surface area (Å²) >= 11 is 1.10. The van der Waals surface area contributed by atoms with Crippen molar-refractivity contribution in [2.45, 2.75) is 84.4 Å². The lowest BCUT2D eigenvalue weighted by Gasteiger charge is -2.37. The number of aliphatic hydroxyl groups is 1. The predicted octanol–water partition coefficient (Wildman–Crippen LogP) is 3.85. The number of aromatic nitrogens is 1. The molecule has 0 aromatic carbocycles. The molecule has 0 aliphatic carbocycles. The van der Waals surface area contributed by atoms with Crippen LogP contribution >= 0.6 is 11.3 Å². The van der Waals surface area contributed by atoms with E-state index in [1.54, 1.807) is 11.9 Å². The Bertz CT molecular complexity index is 872. The molecule has 0 unspecified atom stereocenters. The molecule has 9 heteroatoms. The van der Waals surface area contributed by atoms with E-state index in [0.717, 1.165) is 37.1 Å². The van der Waals surface area contributed by atoms with Crippen molar-refractivity contribution in [2.24, 2.45) is 17.8 Å². The molecule has 5 atom stereocenters. The zero-order chi connectivity index (χ0) is 25.8. The van der Waals surface area contributed by atoms with Gasteiger partial charge in [-0.25, -0.2) is 9.78 Å². The second-order valence-corrected chi connectivity index (χ2v) is 11.2. The maximum absolute atomic E-state index is 13.7. The number of carboxylic acids is 1. The van der Waals surface area contributed by atoms with Crippen LogP contribution in [-0.2, 0) is 9.59 Å². The standard InChI is InChI=1S/C25H41N3O5S/c1-8-16(4)17(12-21(30)25(5)10-9-11-27(25)6)23(31)28(7)19(15(2)3)13-20(29)22-26-18(14-34-22)24(32)33/h14-17,19-20,29H,8-13H2,1-7H3,(H,32,33)/t16-,17-,19+,20-,25+/m0/s1. The number of rotatable bonds is 12. The molecule has 0 bridgehead atoms. The van der Waals surface area contributed by atoms with Crippen LogP contribution in [0.4, 0.5) is 0 Å². The van der Waals surface area contributed by atoms with Crippen LogP contribution in [0.3, 0.4) is 0 Å². The highest BCUT2D eigenvalue weighted by Gasteiger charge is 2.43. The molecule has 8 nitrogen and oxygen atoms in total. The lowest BCUT2D eigenvalue weighted by Crippen LogP contribution is -2.50. The van der Waals surface area contributed by atoms with Crippen LogP contribution < -0.4 is 0 Å². The summed E-state index contributed by atoms with van der Waals surface area (Å²) in [7, 11) is 3.72. The first kappa shape index (κ1) is 28.4. The van der Waals surface area contributed by atoms with Gasteiger partial charge in [0.1, 0.15) is 11.1 Å². The van der Waals surface area contributed by atoms with Gasteiger partial charge in [0.15, 0.2) is 11.5 Å². The molecule has 1 aromatic rings. The van der Waals surface area contributed by atoms with Crippen molar-refractivity contribution in [1.82, 2.24) is 14.8 Å². The van der Waals surface area contributed by atoms with Crippen molar-refractivity contribution in [3.8, 4) is 0 Å². The lowest BCUT2D eigenvalue weighted by molar-refractivity contribution is -0.143. The highest BCUT2D eigenvalue weighted by atomic mass is 32.1. The van der Waals surface area contributed by atoms with E-state index in [2.05, 4.69) is 9.88 Å². The lowest BCUT2D eigenvalue weighted by atomic mass is 9.80. The van der Waals surface area contributed by atoms with E-state index in [1.165, 1.54) is 5.38 Å². The summed E-state index contributed by atoms with van der Waals surface area (Å²) in [4.78, 5) is 46.0. The van der Waals surface area contributed by atoms with E-state index >= 15 is 0 Å². The summed E-state index contributed by atoms with van der Waals surface area (Å²) in [5, 5.41) is 21.6. The van der Waals surface area contributed by atoms with Crippen molar-refractivity contribution in [3.63, 3.8) is 0 Å². The fraction of sp³-hybridized carbons (Fsp3) is 0.760. The highest BCUT2D eigenvalue weighted by Crippen LogP contribution is 2.34. The number of ketones is 1. The number of Topliss-reactive ketones (excluding diaryl/α,β-unsaturated/α-hetero) is 1. The van der Waals surface area contributed by atoms with Gasteiger partial charge in [-0.2, -0.15) is 0 Å². The molecule has 1 aliphatic heterocycles. The number of amides is 1. The van der Waals surface area contributed by atoms with E-state index in [-0.39, 0.29) is 48.1 Å². The van der Waals surface area contributed by atoms with Crippen molar-refractivity contribution in [3.05, 3.63) is 16.1 Å². The van der Waals surface area contributed by atoms with Gasteiger partial charge in [-0.15, -0.1) is 11.3 Å². The number of likely N-dealkylation sites (tertiary alicyclic amines) is 1. The van der Waals surface area contributed by atoms with E-state index in [1.807, 2.05) is 41.7 Å². The molecule has 2 N–H and O–H groups in total. The predicted molar refractivity (Wildman–Crippen MR) is 133 cm³/mol. The van der Waals surface area contributed by atoms with Gasteiger partial charge in [-0.1, -0.05) is 34.1 Å². The number of aromatic carboxylic acids is 1. The molecule has 0 spiro atoms. The molecule has 0 saturated carbocycles. The molecule has 34 heavy (non-hydrogen) atoms. The third-order valence-corrected chi connectivity index (χ3v) is 8.71. The molecule has 0 radical (unpaired) electrons. The number of aliphatic hydroxyl groups excluding tert-OH is 1. The van der Waals surface area contributed by atoms with Gasteiger partial charge in [-0.3, -0.25) is 14.5 Å². The van der Waals surface area contributed by atoms with Crippen LogP contribution in [0.5, 0.6) is 0 Å². The Balaban J connectivity index is 2.20. The van der Waals surface area contributed by atoms with Crippen LogP contribution in [0.15, 0.2) is 5.38 Å². The molecule has 192 valence electrons. The van der Waals surface area contributed by atoms with Crippen LogP contribution in [0.1, 0.15) is 88.3 Å². The van der Waals surface area contributed by atoms with Gasteiger partial charge in [-0.05, 0) is 45.2 Å². The van der Waals surface area contributed by atoms with E-state index in [9.17, 15) is 19.5 Å². The Kier molecular flexibility index (Phi) is 9.80. The van der Waals surface area contributed by atoms with E-state index < -0.39 is 23.5 Å². The molecule has 1 aliphatic rings. The van der Waals surface area contributed by atoms with Crippen LogP contribution in [0.25, 0.3) is 0 Å². The molecule has 1 fully saturated rings. The Hall–Kier alpha value is -1.84. The van der Waals surface area contributed by atoms with E-state index in [4.69, 9.17) is 5.11 Å². The number of carbonyl (C=O) groups excluding carboxylic acids is 2. The monoisotopic (exact) mass is 495 g/mol. The average Bonchev–Trinajstić information content (AvgIpc) is 3.41. The van der Waals surface area contributed by atoms with Gasteiger partial charge in [0, 0.05) is 37.2 Å². The first-order valence-electron chi connectivity index (χ1n) is 12.2. The average molecular weight is 496 g/mol. The van der Waals surface area contributed by atoms with Crippen molar-refractivity contribution in [2.75, 3.05) is 20.6 Å². The quantitative estimate of drug-likeness (QED) is 0.453. The topological polar surface area (TPSA) is 111 Å². The van der Waals surface area contributed by atoms with Crippen LogP contribution in [-0.4, -0.2) is 74.9 Å². The number of carboxylic acid groups (broad SMARTS) is 1. The fourth-order valence-electron chi connectivity index (χ4n) is 4.86. The Labute approximate surface area is 207 Å². The largest absolute Gasteiger partial charge is 0.476 e. The van der Waals surface area contributed by atoms with Crippen LogP contribution in [0.2, 0.25) is 0 Å². The molecular formula is C25H41N3O5S. The molecular weight excluding hydrogens is 454 g/mol. The minimum Gasteiger partial charge on any atom is -0.476 e. The third-order valence-electron chi connectivity index (χ3n) is 7.76. The summed E-state index contributed by atoms with van der Waals surface area (Å²) in [5.41, 5.74) is -0.615. The SMILES string of the molecule is CC[C@H](C)[C@H](CC(=O)[C@@]1(C)CCCN1C)C(=O)N(C)[C@H](C[C@H](O)c1nc(C(=O)O)cs1)C(C)C. The zero-order valence-electron chi connectivity index (χ0n) is 21.6. The van der Waals surface area contributed by atoms with Gasteiger partial charge in [0.25, 0.3) is 0 Å². The Morgan fingerprint density at radius 1 is 1.29 bits per heavy atom. The molecule has 1 aromatic heterocycles. The number of carbonyl (C=O) groups is 3. The fourth-order valence-corrected chi connectivity index (χ4v) is 5.65. The first-order chi connectivity index (χ1) is 15.8. The van der Waals surface area contributed by atoms with Gasteiger partial charge < -0.3 is 15.1 Å². The van der Waals surface area contributed by atoms with Crippen molar-refractivity contribution < 1.29 is 24.6 Å². The minimum absolute atomic E-state index is 0.0454. The van der Waals surface area contributed by atoms with Crippen molar-refractivity contribution in [1.29, 1.82) is 0 Å². The Morgan fingerprint density at radius 2 is 1.94 bits per heavy atom. The summed E-state index contributed by atoms with van der Waals surface area (Å²) in [6, 6.07) is -0.286. The number of hydrogen-bond acceptors (Lipinski definition) is 7. The summed E-state index contributed by atoms with van der Waals surface area (Å²) in [5.74, 6) is -1.43. The molecule has 2 rings (SSSR count). The first-order valence-corrected chi connectivity index (χ1v) is 13.1. The second-order valence-electron chi connectivity index (χ2n) is 10.3. The van der Waals surface area contributed by atoms with Gasteiger partial charge in [0.05, 0.1) is 5.54 Å². The summed E-state index contributed by atoms with van der Waals surface area (Å²) in [6.07, 6.45) is 2.06. The second kappa shape index (κ2) is 11.7. The maximum Gasteiger partial charge on any atom is 0.355 e. The third kappa shape index (κ3) is 6.23. The van der Waals surface area contributed by atoms with Crippen LogP contribution in [0, 0.1) is 17.8 Å². The highest BCUT2D eigenvalue weighted by molar-refractivity contribution is 7.09. The van der Waals surface area contributed by atoms with E-state index in [0.29, 0.717) is 5.01 Å². The smallest absolute Gasteiger partial charge is 0.355 e. The van der Waals surface area contributed by atoms with Gasteiger partial charge in [0.2, 0.25) is 5.91 Å². The summed E-state index contributed by atoms with van der Waals surface area (Å²) < 4.78 is 0. The number of hydrogen-bond donors (Lipinski definition) is 2. The Morgan fingerprint density at radius 3 is 2.41 bits per heavy atom. The summed E-state index contributed by atoms with van der Waals surface area (Å²) in [6.45, 7) is 10.9.